The van der Waals surface area contributed by atoms with E-state index in [2.05, 4.69) is 4.72 Å². The van der Waals surface area contributed by atoms with Crippen molar-refractivity contribution in [2.24, 2.45) is 0 Å². The lowest BCUT2D eigenvalue weighted by Gasteiger charge is -2.13. The summed E-state index contributed by atoms with van der Waals surface area (Å²) < 4.78 is 31.9. The molecule has 4 N–H and O–H groups in total. The minimum atomic E-state index is -3.77. The van der Waals surface area contributed by atoms with E-state index in [1.165, 1.54) is 12.1 Å². The lowest BCUT2D eigenvalue weighted by atomic mass is 10.2. The third-order valence-electron chi connectivity index (χ3n) is 3.07. The summed E-state index contributed by atoms with van der Waals surface area (Å²) in [6, 6.07) is 3.53. The molecule has 1 saturated heterocycles. The van der Waals surface area contributed by atoms with Crippen LogP contribution in [0.2, 0.25) is 0 Å². The zero-order valence-electron chi connectivity index (χ0n) is 10.7. The highest BCUT2D eigenvalue weighted by Gasteiger charge is 2.22. The normalized spacial score (nSPS) is 19.1. The number of carbonyl (C=O) groups is 1. The molecule has 110 valence electrons. The van der Waals surface area contributed by atoms with Crippen molar-refractivity contribution in [3.05, 3.63) is 23.8 Å². The number of hydrogen-bond donors (Lipinski definition) is 3. The molecule has 1 heterocycles. The number of nitrogen functional groups attached to an aromatic ring is 1. The number of carboxylic acid groups (broad SMARTS) is 1. The number of benzene rings is 1. The van der Waals surface area contributed by atoms with Gasteiger partial charge in [0.25, 0.3) is 0 Å². The maximum atomic E-state index is 12.1. The summed E-state index contributed by atoms with van der Waals surface area (Å²) in [6.45, 7) is 0.824. The van der Waals surface area contributed by atoms with Gasteiger partial charge in [-0.15, -0.1) is 0 Å². The fraction of sp³-hybridized carbons (Fsp3) is 0.417. The molecule has 0 aromatic heterocycles. The molecule has 1 aromatic carbocycles. The third kappa shape index (κ3) is 3.27. The number of carboxylic acids is 1. The van der Waals surface area contributed by atoms with Crippen LogP contribution in [0.4, 0.5) is 5.69 Å². The van der Waals surface area contributed by atoms with Crippen LogP contribution in [0.3, 0.4) is 0 Å². The SMILES string of the molecule is Nc1cc(C(=O)O)ccc1S(=O)(=O)NCC1CCCO1. The summed E-state index contributed by atoms with van der Waals surface area (Å²) in [5.74, 6) is -1.16. The van der Waals surface area contributed by atoms with E-state index < -0.39 is 16.0 Å². The van der Waals surface area contributed by atoms with Crippen LogP contribution in [0.5, 0.6) is 0 Å². The molecule has 1 unspecified atom stereocenters. The quantitative estimate of drug-likeness (QED) is 0.678. The van der Waals surface area contributed by atoms with Crippen LogP contribution >= 0.6 is 0 Å². The average molecular weight is 300 g/mol. The van der Waals surface area contributed by atoms with Gasteiger partial charge in [-0.1, -0.05) is 0 Å². The highest BCUT2D eigenvalue weighted by molar-refractivity contribution is 7.89. The van der Waals surface area contributed by atoms with E-state index in [4.69, 9.17) is 15.6 Å². The fourth-order valence-corrected chi connectivity index (χ4v) is 3.19. The standard InChI is InChI=1S/C12H16N2O5S/c13-10-6-8(12(15)16)3-4-11(10)20(17,18)14-7-9-2-1-5-19-9/h3-4,6,9,14H,1-2,5,7,13H2,(H,15,16). The largest absolute Gasteiger partial charge is 0.478 e. The molecule has 0 radical (unpaired) electrons. The number of rotatable bonds is 5. The minimum Gasteiger partial charge on any atom is -0.478 e. The molecule has 7 nitrogen and oxygen atoms in total. The third-order valence-corrected chi connectivity index (χ3v) is 4.57. The Balaban J connectivity index is 2.14. The number of sulfonamides is 1. The molecule has 20 heavy (non-hydrogen) atoms. The molecular weight excluding hydrogens is 284 g/mol. The second-order valence-corrected chi connectivity index (χ2v) is 6.28. The summed E-state index contributed by atoms with van der Waals surface area (Å²) in [5, 5.41) is 8.81. The van der Waals surface area contributed by atoms with Crippen LogP contribution in [-0.2, 0) is 14.8 Å². The van der Waals surface area contributed by atoms with Gasteiger partial charge in [-0.3, -0.25) is 0 Å². The first-order valence-electron chi connectivity index (χ1n) is 6.14. The molecule has 0 spiro atoms. The Morgan fingerprint density at radius 3 is 2.80 bits per heavy atom. The Morgan fingerprint density at radius 2 is 2.25 bits per heavy atom. The molecule has 1 aliphatic rings. The lowest BCUT2D eigenvalue weighted by Crippen LogP contribution is -2.32. The number of hydrogen-bond acceptors (Lipinski definition) is 5. The lowest BCUT2D eigenvalue weighted by molar-refractivity contribution is 0.0697. The smallest absolute Gasteiger partial charge is 0.335 e. The topological polar surface area (TPSA) is 119 Å². The zero-order chi connectivity index (χ0) is 14.8. The zero-order valence-corrected chi connectivity index (χ0v) is 11.5. The van der Waals surface area contributed by atoms with Crippen molar-refractivity contribution in [1.29, 1.82) is 0 Å². The summed E-state index contributed by atoms with van der Waals surface area (Å²) in [5.41, 5.74) is 5.47. The number of nitrogens with two attached hydrogens (primary N) is 1. The van der Waals surface area contributed by atoms with Gasteiger partial charge in [-0.05, 0) is 31.0 Å². The van der Waals surface area contributed by atoms with Gasteiger partial charge in [0.1, 0.15) is 4.90 Å². The first kappa shape index (κ1) is 14.8. The van der Waals surface area contributed by atoms with Gasteiger partial charge in [0.15, 0.2) is 0 Å². The highest BCUT2D eigenvalue weighted by Crippen LogP contribution is 2.20. The van der Waals surface area contributed by atoms with Gasteiger partial charge in [-0.25, -0.2) is 17.9 Å². The molecule has 2 rings (SSSR count). The van der Waals surface area contributed by atoms with Crippen molar-refractivity contribution < 1.29 is 23.1 Å². The number of aromatic carboxylic acids is 1. The first-order valence-corrected chi connectivity index (χ1v) is 7.62. The van der Waals surface area contributed by atoms with E-state index >= 15 is 0 Å². The Hall–Kier alpha value is -1.64. The van der Waals surface area contributed by atoms with Crippen molar-refractivity contribution in [3.8, 4) is 0 Å². The number of anilines is 1. The van der Waals surface area contributed by atoms with Crippen molar-refractivity contribution in [1.82, 2.24) is 4.72 Å². The molecule has 1 fully saturated rings. The Morgan fingerprint density at radius 1 is 1.50 bits per heavy atom. The van der Waals surface area contributed by atoms with Gasteiger partial charge in [0.2, 0.25) is 10.0 Å². The van der Waals surface area contributed by atoms with Crippen LogP contribution in [0.1, 0.15) is 23.2 Å². The van der Waals surface area contributed by atoms with Crippen molar-refractivity contribution in [3.63, 3.8) is 0 Å². The van der Waals surface area contributed by atoms with Gasteiger partial charge in [0.05, 0.1) is 17.4 Å². The molecule has 1 aliphatic heterocycles. The second kappa shape index (κ2) is 5.78. The number of ether oxygens (including phenoxy) is 1. The van der Waals surface area contributed by atoms with Crippen molar-refractivity contribution >= 4 is 21.7 Å². The van der Waals surface area contributed by atoms with E-state index in [0.717, 1.165) is 18.9 Å². The van der Waals surface area contributed by atoms with Gasteiger partial charge in [-0.2, -0.15) is 0 Å². The molecule has 0 amide bonds. The van der Waals surface area contributed by atoms with E-state index in [1.807, 2.05) is 0 Å². The fourth-order valence-electron chi connectivity index (χ4n) is 2.01. The van der Waals surface area contributed by atoms with E-state index in [-0.39, 0.29) is 28.8 Å². The summed E-state index contributed by atoms with van der Waals surface area (Å²) in [7, 11) is -3.77. The van der Waals surface area contributed by atoms with E-state index in [0.29, 0.717) is 6.61 Å². The molecule has 8 heteroatoms. The predicted molar refractivity (Wildman–Crippen MR) is 72.0 cm³/mol. The Kier molecular flexibility index (Phi) is 4.26. The molecule has 1 aromatic rings. The van der Waals surface area contributed by atoms with Crippen molar-refractivity contribution in [2.75, 3.05) is 18.9 Å². The summed E-state index contributed by atoms with van der Waals surface area (Å²) in [4.78, 5) is 10.7. The van der Waals surface area contributed by atoms with E-state index in [9.17, 15) is 13.2 Å². The van der Waals surface area contributed by atoms with Crippen LogP contribution in [0, 0.1) is 0 Å². The first-order chi connectivity index (χ1) is 9.40. The Bertz CT molecular complexity index is 608. The van der Waals surface area contributed by atoms with Crippen LogP contribution in [-0.4, -0.2) is 38.7 Å². The minimum absolute atomic E-state index is 0.0550. The van der Waals surface area contributed by atoms with Gasteiger partial charge in [0, 0.05) is 13.2 Å². The number of nitrogens with one attached hydrogen (secondary N) is 1. The van der Waals surface area contributed by atoms with E-state index in [1.54, 1.807) is 0 Å². The molecule has 0 saturated carbocycles. The van der Waals surface area contributed by atoms with Crippen LogP contribution in [0.15, 0.2) is 23.1 Å². The maximum Gasteiger partial charge on any atom is 0.335 e. The molecule has 0 aliphatic carbocycles. The molecule has 1 atom stereocenters. The van der Waals surface area contributed by atoms with Crippen LogP contribution in [0.25, 0.3) is 0 Å². The Labute approximate surface area is 116 Å². The predicted octanol–water partition coefficient (Wildman–Crippen LogP) is 0.424. The molecule has 0 bridgehead atoms. The summed E-state index contributed by atoms with van der Waals surface area (Å²) >= 11 is 0. The molecular formula is C12H16N2O5S. The highest BCUT2D eigenvalue weighted by atomic mass is 32.2. The van der Waals surface area contributed by atoms with Crippen molar-refractivity contribution in [2.45, 2.75) is 23.8 Å². The van der Waals surface area contributed by atoms with Gasteiger partial charge < -0.3 is 15.6 Å². The van der Waals surface area contributed by atoms with Crippen LogP contribution < -0.4 is 10.5 Å². The maximum absolute atomic E-state index is 12.1. The summed E-state index contributed by atoms with van der Waals surface area (Å²) in [6.07, 6.45) is 1.61. The van der Waals surface area contributed by atoms with Gasteiger partial charge >= 0.3 is 5.97 Å². The average Bonchev–Trinajstić information content (AvgIpc) is 2.89. The second-order valence-electron chi connectivity index (χ2n) is 4.54. The monoisotopic (exact) mass is 300 g/mol.